The van der Waals surface area contributed by atoms with Gasteiger partial charge in [0.15, 0.2) is 11.0 Å². The van der Waals surface area contributed by atoms with Crippen molar-refractivity contribution in [1.29, 1.82) is 0 Å². The van der Waals surface area contributed by atoms with E-state index in [0.29, 0.717) is 23.4 Å². The van der Waals surface area contributed by atoms with Crippen LogP contribution in [0, 0.1) is 0 Å². The summed E-state index contributed by atoms with van der Waals surface area (Å²) in [5.74, 6) is -0.712. The first kappa shape index (κ1) is 17.5. The van der Waals surface area contributed by atoms with E-state index in [2.05, 4.69) is 0 Å². The van der Waals surface area contributed by atoms with E-state index in [0.717, 1.165) is 22.2 Å². The number of hydrogen-bond acceptors (Lipinski definition) is 6. The topological polar surface area (TPSA) is 81.4 Å². The smallest absolute Gasteiger partial charge is 0.344 e. The minimum Gasteiger partial charge on any atom is -0.444 e. The van der Waals surface area contributed by atoms with Crippen LogP contribution in [0.2, 0.25) is 0 Å². The van der Waals surface area contributed by atoms with E-state index in [-0.39, 0.29) is 12.0 Å². The molecule has 0 radical (unpaired) electrons. The lowest BCUT2D eigenvalue weighted by Crippen LogP contribution is -2.45. The van der Waals surface area contributed by atoms with Crippen LogP contribution < -0.4 is 5.56 Å². The number of hydrogen-bond donors (Lipinski definition) is 1. The maximum Gasteiger partial charge on any atom is 0.344 e. The Morgan fingerprint density at radius 2 is 2.11 bits per heavy atom. The van der Waals surface area contributed by atoms with Crippen LogP contribution in [0.5, 0.6) is 0 Å². The number of benzene rings is 1. The molecule has 1 unspecified atom stereocenters. The van der Waals surface area contributed by atoms with E-state index in [1.807, 2.05) is 30.3 Å². The van der Waals surface area contributed by atoms with Crippen molar-refractivity contribution >= 4 is 28.6 Å². The van der Waals surface area contributed by atoms with Gasteiger partial charge in [-0.25, -0.2) is 9.78 Å². The molecule has 4 heterocycles. The molecule has 0 bridgehead atoms. The van der Waals surface area contributed by atoms with E-state index in [1.165, 1.54) is 11.8 Å². The van der Waals surface area contributed by atoms with Gasteiger partial charge in [0.2, 0.25) is 0 Å². The molecule has 0 saturated carbocycles. The van der Waals surface area contributed by atoms with Gasteiger partial charge >= 0.3 is 5.97 Å². The first-order valence-corrected chi connectivity index (χ1v) is 10.4. The number of esters is 1. The van der Waals surface area contributed by atoms with Crippen molar-refractivity contribution in [3.05, 3.63) is 63.4 Å². The molecule has 2 aliphatic heterocycles. The first-order valence-electron chi connectivity index (χ1n) is 9.11. The summed E-state index contributed by atoms with van der Waals surface area (Å²) in [5.41, 5.74) is 1.03. The minimum absolute atomic E-state index is 0.126. The van der Waals surface area contributed by atoms with Crippen molar-refractivity contribution in [3.63, 3.8) is 0 Å². The van der Waals surface area contributed by atoms with Gasteiger partial charge < -0.3 is 14.4 Å². The summed E-state index contributed by atoms with van der Waals surface area (Å²) in [5, 5.41) is 12.0. The van der Waals surface area contributed by atoms with Gasteiger partial charge in [0.25, 0.3) is 5.56 Å². The second kappa shape index (κ2) is 5.93. The second-order valence-electron chi connectivity index (χ2n) is 7.12. The van der Waals surface area contributed by atoms with Gasteiger partial charge in [-0.05, 0) is 30.9 Å². The molecule has 5 rings (SSSR count). The number of aromatic nitrogens is 2. The normalized spacial score (nSPS) is 22.5. The van der Waals surface area contributed by atoms with Crippen molar-refractivity contribution in [2.45, 2.75) is 30.9 Å². The zero-order valence-electron chi connectivity index (χ0n) is 15.4. The number of nitrogens with zero attached hydrogens (tertiary/aromatic N) is 2. The summed E-state index contributed by atoms with van der Waals surface area (Å²) in [6.07, 6.45) is 1.90. The molecule has 0 aliphatic carbocycles. The Labute approximate surface area is 165 Å². The quantitative estimate of drug-likeness (QED) is 0.527. The Bertz CT molecular complexity index is 1220. The summed E-state index contributed by atoms with van der Waals surface area (Å²) < 4.78 is 7.05. The lowest BCUT2D eigenvalue weighted by atomic mass is 9.86. The van der Waals surface area contributed by atoms with Crippen molar-refractivity contribution in [3.8, 4) is 11.4 Å². The summed E-state index contributed by atoms with van der Waals surface area (Å²) >= 11 is 1.27. The average Bonchev–Trinajstić information content (AvgIpc) is 3.07. The Balaban J connectivity index is 1.82. The van der Waals surface area contributed by atoms with Gasteiger partial charge in [0, 0.05) is 16.5 Å². The summed E-state index contributed by atoms with van der Waals surface area (Å²) in [6.45, 7) is 2.11. The molecule has 28 heavy (non-hydrogen) atoms. The predicted octanol–water partition coefficient (Wildman–Crippen LogP) is 2.94. The minimum atomic E-state index is -1.82. The Morgan fingerprint density at radius 3 is 2.86 bits per heavy atom. The van der Waals surface area contributed by atoms with Crippen LogP contribution >= 0.6 is 11.8 Å². The molecule has 6 nitrogen and oxygen atoms in total. The van der Waals surface area contributed by atoms with Gasteiger partial charge in [-0.1, -0.05) is 25.1 Å². The molecule has 0 fully saturated rings. The molecule has 1 N–H and O–H groups in total. The maximum atomic E-state index is 13.4. The first-order chi connectivity index (χ1) is 13.5. The molecule has 7 heteroatoms. The third kappa shape index (κ3) is 2.17. The SMILES string of the molecule is CC[C@@]1(O)C(=O)OC(SC)c2c1cc1n(c2=O)Cc2cc3ccccc3nc2-1. The number of aliphatic hydroxyl groups is 1. The van der Waals surface area contributed by atoms with E-state index >= 15 is 0 Å². The van der Waals surface area contributed by atoms with Crippen LogP contribution in [-0.4, -0.2) is 26.9 Å². The third-order valence-corrected chi connectivity index (χ3v) is 6.43. The highest BCUT2D eigenvalue weighted by Gasteiger charge is 2.48. The van der Waals surface area contributed by atoms with Gasteiger partial charge in [-0.3, -0.25) is 4.79 Å². The van der Waals surface area contributed by atoms with Gasteiger partial charge in [-0.15, -0.1) is 11.8 Å². The molecule has 2 aliphatic rings. The number of para-hydroxylation sites is 1. The van der Waals surface area contributed by atoms with E-state index in [1.54, 1.807) is 23.8 Å². The van der Waals surface area contributed by atoms with E-state index in [9.17, 15) is 14.7 Å². The number of carbonyl (C=O) groups excluding carboxylic acids is 1. The van der Waals surface area contributed by atoms with Gasteiger partial charge in [-0.2, -0.15) is 0 Å². The van der Waals surface area contributed by atoms with E-state index < -0.39 is 17.0 Å². The highest BCUT2D eigenvalue weighted by atomic mass is 32.2. The number of cyclic esters (lactones) is 1. The number of thioether (sulfide) groups is 1. The van der Waals surface area contributed by atoms with Crippen LogP contribution in [0.25, 0.3) is 22.3 Å². The Kier molecular flexibility index (Phi) is 3.70. The van der Waals surface area contributed by atoms with Crippen molar-refractivity contribution < 1.29 is 14.6 Å². The lowest BCUT2D eigenvalue weighted by Gasteiger charge is -2.35. The predicted molar refractivity (Wildman–Crippen MR) is 107 cm³/mol. The van der Waals surface area contributed by atoms with Crippen molar-refractivity contribution in [1.82, 2.24) is 9.55 Å². The lowest BCUT2D eigenvalue weighted by molar-refractivity contribution is -0.172. The van der Waals surface area contributed by atoms with Crippen LogP contribution in [0.3, 0.4) is 0 Å². The van der Waals surface area contributed by atoms with Crippen molar-refractivity contribution in [2.75, 3.05) is 6.26 Å². The van der Waals surface area contributed by atoms with Crippen LogP contribution in [0.15, 0.2) is 41.2 Å². The molecule has 2 atom stereocenters. The second-order valence-corrected chi connectivity index (χ2v) is 8.02. The zero-order valence-corrected chi connectivity index (χ0v) is 16.2. The maximum absolute atomic E-state index is 13.4. The number of rotatable bonds is 2. The molecular weight excluding hydrogens is 376 g/mol. The largest absolute Gasteiger partial charge is 0.444 e. The fourth-order valence-corrected chi connectivity index (χ4v) is 4.77. The summed E-state index contributed by atoms with van der Waals surface area (Å²) in [6, 6.07) is 11.6. The highest BCUT2D eigenvalue weighted by Crippen LogP contribution is 2.44. The monoisotopic (exact) mass is 394 g/mol. The van der Waals surface area contributed by atoms with Gasteiger partial charge in [0.1, 0.15) is 0 Å². The molecule has 142 valence electrons. The third-order valence-electron chi connectivity index (χ3n) is 5.67. The molecule has 0 spiro atoms. The molecule has 0 saturated heterocycles. The van der Waals surface area contributed by atoms with Crippen molar-refractivity contribution in [2.24, 2.45) is 0 Å². The number of ether oxygens (including phenoxy) is 1. The van der Waals surface area contributed by atoms with Gasteiger partial charge in [0.05, 0.1) is 29.0 Å². The van der Waals surface area contributed by atoms with Crippen LogP contribution in [0.4, 0.5) is 0 Å². The molecule has 0 amide bonds. The fourth-order valence-electron chi connectivity index (χ4n) is 4.12. The summed E-state index contributed by atoms with van der Waals surface area (Å²) in [4.78, 5) is 30.6. The molecule has 1 aromatic carbocycles. The fraction of sp³-hybridized carbons (Fsp3) is 0.286. The molecular formula is C21H18N2O4S. The highest BCUT2D eigenvalue weighted by molar-refractivity contribution is 7.98. The zero-order chi connectivity index (χ0) is 19.6. The number of fused-ring (bicyclic) bond motifs is 5. The van der Waals surface area contributed by atoms with Crippen LogP contribution in [-0.2, 0) is 21.7 Å². The van der Waals surface area contributed by atoms with Crippen LogP contribution in [0.1, 0.15) is 35.5 Å². The average molecular weight is 394 g/mol. The van der Waals surface area contributed by atoms with E-state index in [4.69, 9.17) is 9.72 Å². The Morgan fingerprint density at radius 1 is 1.32 bits per heavy atom. The molecule has 3 aromatic rings. The Hall–Kier alpha value is -2.64. The number of pyridine rings is 2. The number of carbonyl (C=O) groups is 1. The summed E-state index contributed by atoms with van der Waals surface area (Å²) in [7, 11) is 0. The molecule has 2 aromatic heterocycles. The standard InChI is InChI=1S/C21H18N2O4S/c1-3-21(26)13-9-15-17-12(8-11-6-4-5-7-14(11)22-17)10-23(15)18(24)16(13)19(28-2)27-20(21)25/h4-9,19,26H,3,10H2,1-2H3/t19?,21-/m0/s1.